The molecule has 0 bridgehead atoms. The standard InChI is InChI=1S/C13H18N4O2S/c1-8-5-6-9(2)11(7-8)16-20(18,19)12-10(3)17(4)15-13(12)14/h5-7,16H,1-4H3,(H2,14,15). The molecule has 2 rings (SSSR count). The van der Waals surface area contributed by atoms with E-state index in [0.29, 0.717) is 11.4 Å². The minimum Gasteiger partial charge on any atom is -0.381 e. The second-order valence-electron chi connectivity index (χ2n) is 4.85. The van der Waals surface area contributed by atoms with Crippen molar-refractivity contribution < 1.29 is 8.42 Å². The summed E-state index contributed by atoms with van der Waals surface area (Å²) >= 11 is 0. The highest BCUT2D eigenvalue weighted by molar-refractivity contribution is 7.93. The van der Waals surface area contributed by atoms with Gasteiger partial charge < -0.3 is 5.73 Å². The maximum absolute atomic E-state index is 12.5. The van der Waals surface area contributed by atoms with Crippen molar-refractivity contribution in [2.45, 2.75) is 25.7 Å². The zero-order valence-electron chi connectivity index (χ0n) is 11.9. The first-order valence-electron chi connectivity index (χ1n) is 6.11. The lowest BCUT2D eigenvalue weighted by Gasteiger charge is -2.11. The van der Waals surface area contributed by atoms with Crippen molar-refractivity contribution in [3.8, 4) is 0 Å². The summed E-state index contributed by atoms with van der Waals surface area (Å²) in [7, 11) is -2.10. The van der Waals surface area contributed by atoms with Gasteiger partial charge in [0.05, 0.1) is 11.4 Å². The van der Waals surface area contributed by atoms with Gasteiger partial charge in [0.15, 0.2) is 10.7 Å². The minimum atomic E-state index is -3.75. The lowest BCUT2D eigenvalue weighted by atomic mass is 10.1. The molecule has 0 atom stereocenters. The molecule has 6 nitrogen and oxygen atoms in total. The molecule has 0 aliphatic rings. The summed E-state index contributed by atoms with van der Waals surface area (Å²) in [5.41, 5.74) is 8.57. The molecule has 0 aliphatic heterocycles. The van der Waals surface area contributed by atoms with Gasteiger partial charge in [-0.25, -0.2) is 8.42 Å². The Balaban J connectivity index is 2.49. The molecule has 0 amide bonds. The Morgan fingerprint density at radius 3 is 2.45 bits per heavy atom. The van der Waals surface area contributed by atoms with Crippen LogP contribution >= 0.6 is 0 Å². The van der Waals surface area contributed by atoms with Crippen LogP contribution in [0.4, 0.5) is 11.5 Å². The molecule has 3 N–H and O–H groups in total. The molecule has 0 fully saturated rings. The quantitative estimate of drug-likeness (QED) is 0.902. The number of hydrogen-bond acceptors (Lipinski definition) is 4. The second kappa shape index (κ2) is 4.82. The molecule has 1 aromatic carbocycles. The smallest absolute Gasteiger partial charge is 0.267 e. The Labute approximate surface area is 118 Å². The number of hydrogen-bond donors (Lipinski definition) is 2. The summed E-state index contributed by atoms with van der Waals surface area (Å²) in [6.45, 7) is 5.42. The van der Waals surface area contributed by atoms with Crippen LogP contribution in [0.2, 0.25) is 0 Å². The first-order valence-corrected chi connectivity index (χ1v) is 7.60. The van der Waals surface area contributed by atoms with E-state index < -0.39 is 10.0 Å². The third-order valence-corrected chi connectivity index (χ3v) is 4.74. The summed E-state index contributed by atoms with van der Waals surface area (Å²) in [5.74, 6) is 0.00260. The molecular formula is C13H18N4O2S. The molecule has 0 spiro atoms. The SMILES string of the molecule is Cc1ccc(C)c(NS(=O)(=O)c2c(N)nn(C)c2C)c1. The van der Waals surface area contributed by atoms with Gasteiger partial charge in [-0.1, -0.05) is 12.1 Å². The molecule has 0 radical (unpaired) electrons. The number of nitrogens with zero attached hydrogens (tertiary/aromatic N) is 2. The Bertz CT molecular complexity index is 763. The number of benzene rings is 1. The summed E-state index contributed by atoms with van der Waals surface area (Å²) in [4.78, 5) is 0.0286. The van der Waals surface area contributed by atoms with Gasteiger partial charge in [-0.2, -0.15) is 5.10 Å². The average molecular weight is 294 g/mol. The predicted octanol–water partition coefficient (Wildman–Crippen LogP) is 1.73. The number of nitrogen functional groups attached to an aromatic ring is 1. The van der Waals surface area contributed by atoms with Gasteiger partial charge in [-0.3, -0.25) is 9.40 Å². The van der Waals surface area contributed by atoms with Crippen LogP contribution < -0.4 is 10.5 Å². The van der Waals surface area contributed by atoms with Crippen LogP contribution in [0.15, 0.2) is 23.1 Å². The normalized spacial score (nSPS) is 11.6. The first kappa shape index (κ1) is 14.4. The van der Waals surface area contributed by atoms with Gasteiger partial charge in [0.25, 0.3) is 10.0 Å². The monoisotopic (exact) mass is 294 g/mol. The number of sulfonamides is 1. The highest BCUT2D eigenvalue weighted by atomic mass is 32.2. The zero-order chi connectivity index (χ0) is 15.1. The average Bonchev–Trinajstić information content (AvgIpc) is 2.58. The number of nitrogens with one attached hydrogen (secondary N) is 1. The Morgan fingerprint density at radius 2 is 1.90 bits per heavy atom. The molecule has 7 heteroatoms. The van der Waals surface area contributed by atoms with Crippen LogP contribution in [0.25, 0.3) is 0 Å². The van der Waals surface area contributed by atoms with Crippen LogP contribution in [-0.2, 0) is 17.1 Å². The molecular weight excluding hydrogens is 276 g/mol. The van der Waals surface area contributed by atoms with Crippen molar-refractivity contribution in [1.82, 2.24) is 9.78 Å². The van der Waals surface area contributed by atoms with Crippen molar-refractivity contribution in [3.63, 3.8) is 0 Å². The molecule has 0 saturated heterocycles. The lowest BCUT2D eigenvalue weighted by molar-refractivity contribution is 0.600. The van der Waals surface area contributed by atoms with Crippen LogP contribution in [0.3, 0.4) is 0 Å². The molecule has 0 aliphatic carbocycles. The highest BCUT2D eigenvalue weighted by Crippen LogP contribution is 2.26. The van der Waals surface area contributed by atoms with E-state index in [1.807, 2.05) is 26.0 Å². The number of anilines is 2. The first-order chi connectivity index (χ1) is 9.22. The van der Waals surface area contributed by atoms with E-state index in [4.69, 9.17) is 5.73 Å². The van der Waals surface area contributed by atoms with Crippen molar-refractivity contribution in [2.75, 3.05) is 10.5 Å². The van der Waals surface area contributed by atoms with Crippen LogP contribution in [0.5, 0.6) is 0 Å². The van der Waals surface area contributed by atoms with E-state index in [1.54, 1.807) is 20.0 Å². The van der Waals surface area contributed by atoms with E-state index in [2.05, 4.69) is 9.82 Å². The summed E-state index contributed by atoms with van der Waals surface area (Å²) < 4.78 is 29.0. The van der Waals surface area contributed by atoms with E-state index in [1.165, 1.54) is 4.68 Å². The highest BCUT2D eigenvalue weighted by Gasteiger charge is 2.25. The van der Waals surface area contributed by atoms with Crippen LogP contribution in [-0.4, -0.2) is 18.2 Å². The van der Waals surface area contributed by atoms with E-state index in [-0.39, 0.29) is 10.7 Å². The minimum absolute atomic E-state index is 0.00260. The fraction of sp³-hybridized carbons (Fsp3) is 0.308. The van der Waals surface area contributed by atoms with Gasteiger partial charge >= 0.3 is 0 Å². The Kier molecular flexibility index (Phi) is 3.47. The second-order valence-corrected chi connectivity index (χ2v) is 6.47. The molecule has 2 aromatic rings. The number of nitrogens with two attached hydrogens (primary N) is 1. The van der Waals surface area contributed by atoms with Crippen LogP contribution in [0, 0.1) is 20.8 Å². The van der Waals surface area contributed by atoms with Gasteiger partial charge in [0.2, 0.25) is 0 Å². The topological polar surface area (TPSA) is 90.0 Å². The predicted molar refractivity (Wildman–Crippen MR) is 79.1 cm³/mol. The fourth-order valence-corrected chi connectivity index (χ4v) is 3.44. The summed E-state index contributed by atoms with van der Waals surface area (Å²) in [5, 5.41) is 3.93. The number of aryl methyl sites for hydroxylation is 3. The van der Waals surface area contributed by atoms with Gasteiger partial charge in [0.1, 0.15) is 0 Å². The van der Waals surface area contributed by atoms with E-state index in [9.17, 15) is 8.42 Å². The largest absolute Gasteiger partial charge is 0.381 e. The molecule has 20 heavy (non-hydrogen) atoms. The van der Waals surface area contributed by atoms with Gasteiger partial charge in [0, 0.05) is 7.05 Å². The molecule has 1 aromatic heterocycles. The number of aromatic nitrogens is 2. The van der Waals surface area contributed by atoms with E-state index >= 15 is 0 Å². The van der Waals surface area contributed by atoms with Crippen molar-refractivity contribution in [3.05, 3.63) is 35.0 Å². The maximum atomic E-state index is 12.5. The van der Waals surface area contributed by atoms with Gasteiger partial charge in [-0.05, 0) is 38.0 Å². The third-order valence-electron chi connectivity index (χ3n) is 3.21. The zero-order valence-corrected chi connectivity index (χ0v) is 12.7. The Hall–Kier alpha value is -2.02. The van der Waals surface area contributed by atoms with Crippen molar-refractivity contribution in [2.24, 2.45) is 7.05 Å². The Morgan fingerprint density at radius 1 is 1.25 bits per heavy atom. The molecule has 1 heterocycles. The van der Waals surface area contributed by atoms with Gasteiger partial charge in [-0.15, -0.1) is 0 Å². The number of rotatable bonds is 3. The van der Waals surface area contributed by atoms with E-state index in [0.717, 1.165) is 11.1 Å². The summed E-state index contributed by atoms with van der Waals surface area (Å²) in [6.07, 6.45) is 0. The van der Waals surface area contributed by atoms with Crippen molar-refractivity contribution in [1.29, 1.82) is 0 Å². The maximum Gasteiger partial charge on any atom is 0.267 e. The summed E-state index contributed by atoms with van der Waals surface area (Å²) in [6, 6.07) is 5.58. The molecule has 0 unspecified atom stereocenters. The molecule has 108 valence electrons. The third kappa shape index (κ3) is 2.49. The molecule has 0 saturated carbocycles. The van der Waals surface area contributed by atoms with Crippen molar-refractivity contribution >= 4 is 21.5 Å². The lowest BCUT2D eigenvalue weighted by Crippen LogP contribution is -2.16. The van der Waals surface area contributed by atoms with Crippen LogP contribution in [0.1, 0.15) is 16.8 Å². The fourth-order valence-electron chi connectivity index (χ4n) is 1.99.